The normalized spacial score (nSPS) is 10.6. The van der Waals surface area contributed by atoms with Gasteiger partial charge in [-0.1, -0.05) is 36.4 Å². The van der Waals surface area contributed by atoms with Crippen molar-refractivity contribution < 1.29 is 19.4 Å². The summed E-state index contributed by atoms with van der Waals surface area (Å²) in [6.07, 6.45) is 2.17. The van der Waals surface area contributed by atoms with E-state index < -0.39 is 6.09 Å². The van der Waals surface area contributed by atoms with Crippen molar-refractivity contribution in [3.05, 3.63) is 72.6 Å². The Balaban J connectivity index is 2.06. The molecule has 0 aliphatic heterocycles. The fourth-order valence-electron chi connectivity index (χ4n) is 3.06. The largest absolute Gasteiger partial charge is 0.494 e. The van der Waals surface area contributed by atoms with Crippen LogP contribution in [-0.2, 0) is 6.54 Å². The number of carbonyl (C=O) groups is 1. The summed E-state index contributed by atoms with van der Waals surface area (Å²) in [6.45, 7) is 4.04. The van der Waals surface area contributed by atoms with Crippen molar-refractivity contribution in [2.75, 3.05) is 12.0 Å². The number of benzene rings is 2. The lowest BCUT2D eigenvalue weighted by Crippen LogP contribution is -2.29. The number of aromatic nitrogens is 1. The van der Waals surface area contributed by atoms with Gasteiger partial charge >= 0.3 is 6.09 Å². The third-order valence-corrected chi connectivity index (χ3v) is 4.34. The monoisotopic (exact) mass is 392 g/mol. The number of amides is 1. The van der Waals surface area contributed by atoms with Gasteiger partial charge in [0.15, 0.2) is 0 Å². The van der Waals surface area contributed by atoms with Crippen LogP contribution in [0.5, 0.6) is 11.5 Å². The molecule has 1 N–H and O–H groups in total. The molecule has 0 atom stereocenters. The third-order valence-electron chi connectivity index (χ3n) is 4.34. The summed E-state index contributed by atoms with van der Waals surface area (Å²) in [7, 11) is 1.59. The molecule has 0 fully saturated rings. The quantitative estimate of drug-likeness (QED) is 0.596. The first kappa shape index (κ1) is 20.2. The Labute approximate surface area is 170 Å². The molecule has 1 amide bonds. The van der Waals surface area contributed by atoms with Crippen LogP contribution in [0.2, 0.25) is 0 Å². The summed E-state index contributed by atoms with van der Waals surface area (Å²) >= 11 is 0. The van der Waals surface area contributed by atoms with E-state index in [2.05, 4.69) is 4.98 Å². The average molecular weight is 392 g/mol. The van der Waals surface area contributed by atoms with Crippen LogP contribution < -0.4 is 14.4 Å². The molecule has 3 rings (SSSR count). The summed E-state index contributed by atoms with van der Waals surface area (Å²) in [5.74, 6) is 1.13. The lowest BCUT2D eigenvalue weighted by atomic mass is 10.0. The molecule has 0 saturated carbocycles. The number of hydrogen-bond donors (Lipinski definition) is 1. The number of nitrogens with zero attached hydrogens (tertiary/aromatic N) is 2. The molecule has 6 heteroatoms. The van der Waals surface area contributed by atoms with E-state index in [4.69, 9.17) is 9.47 Å². The number of pyridine rings is 1. The smallest absolute Gasteiger partial charge is 0.412 e. The van der Waals surface area contributed by atoms with Crippen molar-refractivity contribution in [2.45, 2.75) is 26.5 Å². The standard InChI is InChI=1S/C23H24N2O4/c1-16(2)29-21-13-18(19-11-12-24-14-22(19)28-3)9-10-20(21)25(23(26)27)15-17-7-5-4-6-8-17/h4-14,16H,15H2,1-3H3,(H,26,27). The fourth-order valence-corrected chi connectivity index (χ4v) is 3.06. The number of methoxy groups -OCH3 is 1. The number of carboxylic acid groups (broad SMARTS) is 1. The van der Waals surface area contributed by atoms with E-state index in [-0.39, 0.29) is 12.6 Å². The van der Waals surface area contributed by atoms with Crippen molar-refractivity contribution in [1.82, 2.24) is 4.98 Å². The fraction of sp³-hybridized carbons (Fsp3) is 0.217. The average Bonchev–Trinajstić information content (AvgIpc) is 2.72. The predicted octanol–water partition coefficient (Wildman–Crippen LogP) is 5.23. The zero-order valence-corrected chi connectivity index (χ0v) is 16.7. The molecule has 2 aromatic carbocycles. The molecule has 0 unspecified atom stereocenters. The highest BCUT2D eigenvalue weighted by atomic mass is 16.5. The van der Waals surface area contributed by atoms with Gasteiger partial charge in [0.2, 0.25) is 0 Å². The Bertz CT molecular complexity index is 974. The van der Waals surface area contributed by atoms with Gasteiger partial charge in [0.1, 0.15) is 11.5 Å². The first-order chi connectivity index (χ1) is 14.0. The van der Waals surface area contributed by atoms with Crippen LogP contribution in [0.1, 0.15) is 19.4 Å². The first-order valence-electron chi connectivity index (χ1n) is 9.33. The second-order valence-electron chi connectivity index (χ2n) is 6.78. The summed E-state index contributed by atoms with van der Waals surface area (Å²) < 4.78 is 11.4. The molecule has 0 bridgehead atoms. The van der Waals surface area contributed by atoms with E-state index in [9.17, 15) is 9.90 Å². The topological polar surface area (TPSA) is 71.9 Å². The SMILES string of the molecule is COc1cnccc1-c1ccc(N(Cc2ccccc2)C(=O)O)c(OC(C)C)c1. The highest BCUT2D eigenvalue weighted by Crippen LogP contribution is 2.37. The molecule has 0 aliphatic carbocycles. The van der Waals surface area contributed by atoms with E-state index in [1.165, 1.54) is 4.90 Å². The summed E-state index contributed by atoms with van der Waals surface area (Å²) in [6, 6.07) is 16.8. The molecule has 150 valence electrons. The van der Waals surface area contributed by atoms with Gasteiger partial charge in [0.25, 0.3) is 0 Å². The minimum Gasteiger partial charge on any atom is -0.494 e. The molecule has 1 heterocycles. The molecule has 0 spiro atoms. The molecule has 3 aromatic rings. The van der Waals surface area contributed by atoms with Crippen molar-refractivity contribution in [2.24, 2.45) is 0 Å². The first-order valence-corrected chi connectivity index (χ1v) is 9.33. The maximum atomic E-state index is 12.0. The van der Waals surface area contributed by atoms with Crippen molar-refractivity contribution in [1.29, 1.82) is 0 Å². The Hall–Kier alpha value is -3.54. The van der Waals surface area contributed by atoms with Crippen LogP contribution in [0.15, 0.2) is 67.0 Å². The van der Waals surface area contributed by atoms with Gasteiger partial charge in [0, 0.05) is 11.8 Å². The molecule has 6 nitrogen and oxygen atoms in total. The van der Waals surface area contributed by atoms with Crippen LogP contribution in [0.3, 0.4) is 0 Å². The summed E-state index contributed by atoms with van der Waals surface area (Å²) in [5.41, 5.74) is 3.10. The van der Waals surface area contributed by atoms with Crippen LogP contribution in [0.25, 0.3) is 11.1 Å². The van der Waals surface area contributed by atoms with Crippen molar-refractivity contribution >= 4 is 11.8 Å². The van der Waals surface area contributed by atoms with E-state index in [0.29, 0.717) is 17.2 Å². The van der Waals surface area contributed by atoms with E-state index in [1.807, 2.05) is 62.4 Å². The van der Waals surface area contributed by atoms with Gasteiger partial charge in [-0.2, -0.15) is 0 Å². The number of anilines is 1. The van der Waals surface area contributed by atoms with Gasteiger partial charge in [-0.25, -0.2) is 4.79 Å². The van der Waals surface area contributed by atoms with Gasteiger partial charge in [-0.15, -0.1) is 0 Å². The van der Waals surface area contributed by atoms with Crippen LogP contribution in [0, 0.1) is 0 Å². The van der Waals surface area contributed by atoms with Gasteiger partial charge in [-0.3, -0.25) is 9.88 Å². The minimum absolute atomic E-state index is 0.115. The Kier molecular flexibility index (Phi) is 6.34. The van der Waals surface area contributed by atoms with E-state index in [1.54, 1.807) is 25.6 Å². The predicted molar refractivity (Wildman–Crippen MR) is 113 cm³/mol. The second-order valence-corrected chi connectivity index (χ2v) is 6.78. The molecular weight excluding hydrogens is 368 g/mol. The lowest BCUT2D eigenvalue weighted by molar-refractivity contribution is 0.200. The highest BCUT2D eigenvalue weighted by molar-refractivity contribution is 5.89. The molecule has 29 heavy (non-hydrogen) atoms. The zero-order chi connectivity index (χ0) is 20.8. The number of rotatable bonds is 7. The highest BCUT2D eigenvalue weighted by Gasteiger charge is 2.21. The maximum absolute atomic E-state index is 12.0. The van der Waals surface area contributed by atoms with Gasteiger partial charge in [-0.05, 0) is 43.2 Å². The molecule has 0 aliphatic rings. The molecule has 0 radical (unpaired) electrons. The Morgan fingerprint density at radius 3 is 2.52 bits per heavy atom. The Morgan fingerprint density at radius 1 is 1.10 bits per heavy atom. The van der Waals surface area contributed by atoms with Gasteiger partial charge < -0.3 is 14.6 Å². The van der Waals surface area contributed by atoms with E-state index >= 15 is 0 Å². The second kappa shape index (κ2) is 9.10. The van der Waals surface area contributed by atoms with Crippen LogP contribution in [0.4, 0.5) is 10.5 Å². The maximum Gasteiger partial charge on any atom is 0.412 e. The summed E-state index contributed by atoms with van der Waals surface area (Å²) in [5, 5.41) is 9.86. The molecule has 0 saturated heterocycles. The Morgan fingerprint density at radius 2 is 1.86 bits per heavy atom. The molecule has 1 aromatic heterocycles. The third kappa shape index (κ3) is 4.85. The summed E-state index contributed by atoms with van der Waals surface area (Å²) in [4.78, 5) is 17.4. The van der Waals surface area contributed by atoms with Gasteiger partial charge in [0.05, 0.1) is 31.6 Å². The van der Waals surface area contributed by atoms with Crippen LogP contribution >= 0.6 is 0 Å². The number of ether oxygens (including phenoxy) is 2. The van der Waals surface area contributed by atoms with Crippen molar-refractivity contribution in [3.8, 4) is 22.6 Å². The van der Waals surface area contributed by atoms with Crippen LogP contribution in [-0.4, -0.2) is 29.4 Å². The molecular formula is C23H24N2O4. The number of hydrogen-bond acceptors (Lipinski definition) is 4. The van der Waals surface area contributed by atoms with Crippen molar-refractivity contribution in [3.63, 3.8) is 0 Å². The zero-order valence-electron chi connectivity index (χ0n) is 16.7. The lowest BCUT2D eigenvalue weighted by Gasteiger charge is -2.24. The minimum atomic E-state index is -1.04. The van der Waals surface area contributed by atoms with E-state index in [0.717, 1.165) is 16.7 Å².